The summed E-state index contributed by atoms with van der Waals surface area (Å²) in [6, 6.07) is 3.13. The maximum atomic E-state index is 11.6. The molecular weight excluding hydrogens is 232 g/mol. The molecule has 1 atom stereocenters. The first-order valence-electron chi connectivity index (χ1n) is 5.98. The van der Waals surface area contributed by atoms with Crippen molar-refractivity contribution in [2.45, 2.75) is 32.7 Å². The molecule has 1 amide bonds. The zero-order chi connectivity index (χ0) is 13.4. The van der Waals surface area contributed by atoms with Crippen molar-refractivity contribution in [1.82, 2.24) is 10.3 Å². The van der Waals surface area contributed by atoms with E-state index in [0.29, 0.717) is 19.4 Å². The van der Waals surface area contributed by atoms with Gasteiger partial charge in [0.2, 0.25) is 5.91 Å². The van der Waals surface area contributed by atoms with Crippen molar-refractivity contribution in [1.29, 1.82) is 0 Å². The van der Waals surface area contributed by atoms with E-state index in [1.165, 1.54) is 0 Å². The number of aromatic nitrogens is 1. The van der Waals surface area contributed by atoms with Gasteiger partial charge in [-0.2, -0.15) is 0 Å². The third-order valence-corrected chi connectivity index (χ3v) is 2.38. The highest BCUT2D eigenvalue weighted by Crippen LogP contribution is 2.00. The van der Waals surface area contributed by atoms with E-state index in [4.69, 9.17) is 4.74 Å². The number of hydrogen-bond donors (Lipinski definition) is 1. The van der Waals surface area contributed by atoms with Gasteiger partial charge in [0.15, 0.2) is 0 Å². The Morgan fingerprint density at radius 2 is 2.28 bits per heavy atom. The Bertz CT molecular complexity index is 392. The number of carbonyl (C=O) groups excluding carboxylic acids is 2. The van der Waals surface area contributed by atoms with Gasteiger partial charge in [-0.15, -0.1) is 0 Å². The molecule has 0 aliphatic carbocycles. The van der Waals surface area contributed by atoms with Crippen molar-refractivity contribution in [3.8, 4) is 0 Å². The van der Waals surface area contributed by atoms with Crippen molar-refractivity contribution in [3.05, 3.63) is 30.1 Å². The van der Waals surface area contributed by atoms with Crippen LogP contribution in [0.4, 0.5) is 0 Å². The Morgan fingerprint density at radius 1 is 1.50 bits per heavy atom. The number of nitrogens with one attached hydrogen (secondary N) is 1. The van der Waals surface area contributed by atoms with Crippen molar-refractivity contribution < 1.29 is 14.3 Å². The van der Waals surface area contributed by atoms with Crippen LogP contribution < -0.4 is 5.32 Å². The highest BCUT2D eigenvalue weighted by molar-refractivity contribution is 5.84. The molecule has 1 aromatic heterocycles. The predicted octanol–water partition coefficient (Wildman–Crippen LogP) is 1.08. The van der Waals surface area contributed by atoms with Crippen molar-refractivity contribution in [2.75, 3.05) is 6.61 Å². The molecule has 0 saturated carbocycles. The lowest BCUT2D eigenvalue weighted by Gasteiger charge is -2.12. The molecule has 0 aromatic carbocycles. The van der Waals surface area contributed by atoms with Crippen LogP contribution in [-0.4, -0.2) is 29.5 Å². The van der Waals surface area contributed by atoms with Gasteiger partial charge in [-0.3, -0.25) is 9.78 Å². The smallest absolute Gasteiger partial charge is 0.328 e. The molecule has 5 nitrogen and oxygen atoms in total. The van der Waals surface area contributed by atoms with Gasteiger partial charge in [-0.25, -0.2) is 4.79 Å². The van der Waals surface area contributed by atoms with Gasteiger partial charge < -0.3 is 10.1 Å². The number of aryl methyl sites for hydroxylation is 1. The Hall–Kier alpha value is -1.91. The summed E-state index contributed by atoms with van der Waals surface area (Å²) in [5, 5.41) is 2.60. The van der Waals surface area contributed by atoms with Crippen LogP contribution in [0.25, 0.3) is 0 Å². The zero-order valence-electron chi connectivity index (χ0n) is 10.7. The lowest BCUT2D eigenvalue weighted by molar-refractivity contribution is -0.146. The molecule has 1 rings (SSSR count). The van der Waals surface area contributed by atoms with Gasteiger partial charge >= 0.3 is 5.97 Å². The second-order valence-electron chi connectivity index (χ2n) is 3.90. The average Bonchev–Trinajstić information content (AvgIpc) is 2.38. The molecule has 0 aliphatic rings. The summed E-state index contributed by atoms with van der Waals surface area (Å²) in [4.78, 5) is 26.9. The van der Waals surface area contributed by atoms with Crippen LogP contribution >= 0.6 is 0 Å². The Kier molecular flexibility index (Phi) is 5.84. The summed E-state index contributed by atoms with van der Waals surface area (Å²) in [7, 11) is 0. The minimum absolute atomic E-state index is 0.167. The van der Waals surface area contributed by atoms with E-state index < -0.39 is 12.0 Å². The van der Waals surface area contributed by atoms with Crippen LogP contribution in [0.15, 0.2) is 24.5 Å². The first kappa shape index (κ1) is 14.2. The molecule has 98 valence electrons. The monoisotopic (exact) mass is 250 g/mol. The first-order valence-corrected chi connectivity index (χ1v) is 5.98. The molecule has 0 bridgehead atoms. The Balaban J connectivity index is 2.31. The summed E-state index contributed by atoms with van der Waals surface area (Å²) in [6.45, 7) is 3.66. The molecule has 0 radical (unpaired) electrons. The normalized spacial score (nSPS) is 11.7. The van der Waals surface area contributed by atoms with E-state index in [9.17, 15) is 9.59 Å². The third-order valence-electron chi connectivity index (χ3n) is 2.38. The van der Waals surface area contributed by atoms with Crippen molar-refractivity contribution >= 4 is 11.9 Å². The van der Waals surface area contributed by atoms with E-state index in [1.54, 1.807) is 26.2 Å². The van der Waals surface area contributed by atoms with E-state index >= 15 is 0 Å². The summed E-state index contributed by atoms with van der Waals surface area (Å²) < 4.78 is 4.80. The van der Waals surface area contributed by atoms with Crippen LogP contribution in [-0.2, 0) is 20.7 Å². The average molecular weight is 250 g/mol. The van der Waals surface area contributed by atoms with E-state index in [2.05, 4.69) is 10.3 Å². The number of nitrogens with zero attached hydrogens (tertiary/aromatic N) is 1. The highest BCUT2D eigenvalue weighted by atomic mass is 16.5. The number of amides is 1. The molecule has 1 unspecified atom stereocenters. The summed E-state index contributed by atoms with van der Waals surface area (Å²) in [5.41, 5.74) is 0.997. The molecule has 1 N–H and O–H groups in total. The fraction of sp³-hybridized carbons (Fsp3) is 0.462. The minimum atomic E-state index is -0.605. The fourth-order valence-electron chi connectivity index (χ4n) is 1.44. The topological polar surface area (TPSA) is 68.3 Å². The van der Waals surface area contributed by atoms with Crippen LogP contribution in [0, 0.1) is 0 Å². The van der Waals surface area contributed by atoms with Crippen LogP contribution in [0.5, 0.6) is 0 Å². The van der Waals surface area contributed by atoms with Crippen LogP contribution in [0.1, 0.15) is 25.8 Å². The number of esters is 1. The Morgan fingerprint density at radius 3 is 2.89 bits per heavy atom. The van der Waals surface area contributed by atoms with E-state index in [-0.39, 0.29) is 5.91 Å². The quantitative estimate of drug-likeness (QED) is 0.767. The van der Waals surface area contributed by atoms with Gasteiger partial charge in [0.25, 0.3) is 0 Å². The van der Waals surface area contributed by atoms with Crippen molar-refractivity contribution in [3.63, 3.8) is 0 Å². The molecule has 0 saturated heterocycles. The predicted molar refractivity (Wildman–Crippen MR) is 66.8 cm³/mol. The zero-order valence-corrected chi connectivity index (χ0v) is 10.7. The van der Waals surface area contributed by atoms with Crippen LogP contribution in [0.3, 0.4) is 0 Å². The number of rotatable bonds is 6. The van der Waals surface area contributed by atoms with Gasteiger partial charge in [-0.1, -0.05) is 6.07 Å². The van der Waals surface area contributed by atoms with E-state index in [1.807, 2.05) is 12.1 Å². The maximum Gasteiger partial charge on any atom is 0.328 e. The minimum Gasteiger partial charge on any atom is -0.464 e. The largest absolute Gasteiger partial charge is 0.464 e. The molecule has 1 aromatic rings. The van der Waals surface area contributed by atoms with Gasteiger partial charge in [0.1, 0.15) is 6.04 Å². The fourth-order valence-corrected chi connectivity index (χ4v) is 1.44. The van der Waals surface area contributed by atoms with Gasteiger partial charge in [-0.05, 0) is 31.9 Å². The lowest BCUT2D eigenvalue weighted by atomic mass is 10.1. The maximum absolute atomic E-state index is 11.6. The van der Waals surface area contributed by atoms with Gasteiger partial charge in [0, 0.05) is 18.8 Å². The van der Waals surface area contributed by atoms with Crippen LogP contribution in [0.2, 0.25) is 0 Å². The van der Waals surface area contributed by atoms with E-state index in [0.717, 1.165) is 5.56 Å². The number of carbonyl (C=O) groups is 2. The number of hydrogen-bond acceptors (Lipinski definition) is 4. The molecule has 0 fully saturated rings. The molecule has 0 spiro atoms. The SMILES string of the molecule is CCOC(=O)C(C)NC(=O)CCc1cccnc1. The summed E-state index contributed by atoms with van der Waals surface area (Å²) in [6.07, 6.45) is 4.35. The van der Waals surface area contributed by atoms with Crippen molar-refractivity contribution in [2.24, 2.45) is 0 Å². The second-order valence-corrected chi connectivity index (χ2v) is 3.90. The molecule has 5 heteroatoms. The second kappa shape index (κ2) is 7.42. The molecule has 1 heterocycles. The molecule has 18 heavy (non-hydrogen) atoms. The molecular formula is C13H18N2O3. The lowest BCUT2D eigenvalue weighted by Crippen LogP contribution is -2.39. The van der Waals surface area contributed by atoms with Gasteiger partial charge in [0.05, 0.1) is 6.61 Å². The number of pyridine rings is 1. The standard InChI is InChI=1S/C13H18N2O3/c1-3-18-13(17)10(2)15-12(16)7-6-11-5-4-8-14-9-11/h4-5,8-10H,3,6-7H2,1-2H3,(H,15,16). The number of ether oxygens (including phenoxy) is 1. The summed E-state index contributed by atoms with van der Waals surface area (Å²) >= 11 is 0. The third kappa shape index (κ3) is 4.95. The highest BCUT2D eigenvalue weighted by Gasteiger charge is 2.16. The first-order chi connectivity index (χ1) is 8.63. The summed E-state index contributed by atoms with van der Waals surface area (Å²) in [5.74, 6) is -0.577. The molecule has 0 aliphatic heterocycles. The Labute approximate surface area is 107 Å².